The van der Waals surface area contributed by atoms with Gasteiger partial charge in [-0.15, -0.1) is 0 Å². The zero-order chi connectivity index (χ0) is 20.5. The molecule has 0 heterocycles. The smallest absolute Gasteiger partial charge is 0.407 e. The Balaban J connectivity index is 2.02. The molecule has 0 bridgehead atoms. The van der Waals surface area contributed by atoms with Gasteiger partial charge in [0, 0.05) is 0 Å². The summed E-state index contributed by atoms with van der Waals surface area (Å²) >= 11 is 6.46. The van der Waals surface area contributed by atoms with Gasteiger partial charge in [0.1, 0.15) is 5.75 Å². The Morgan fingerprint density at radius 2 is 1.86 bits per heavy atom. The molecule has 148 valence electrons. The number of aromatic hydroxyl groups is 1. The molecule has 2 aromatic carbocycles. The topological polar surface area (TPSA) is 100 Å². The van der Waals surface area contributed by atoms with Gasteiger partial charge in [-0.3, -0.25) is 4.79 Å². The van der Waals surface area contributed by atoms with E-state index < -0.39 is 12.1 Å². The van der Waals surface area contributed by atoms with E-state index in [9.17, 15) is 14.7 Å². The van der Waals surface area contributed by atoms with Crippen molar-refractivity contribution in [3.63, 3.8) is 0 Å². The van der Waals surface area contributed by atoms with Gasteiger partial charge in [-0.1, -0.05) is 30.3 Å². The normalized spacial score (nSPS) is 11.8. The van der Waals surface area contributed by atoms with Crippen LogP contribution in [0.5, 0.6) is 5.75 Å². The first-order chi connectivity index (χ1) is 13.4. The number of amides is 2. The molecule has 2 aromatic rings. The Kier molecular flexibility index (Phi) is 8.46. The number of alkyl carbamates (subject to hydrolysis) is 1. The van der Waals surface area contributed by atoms with E-state index in [0.29, 0.717) is 14.5 Å². The van der Waals surface area contributed by atoms with Crippen molar-refractivity contribution in [1.29, 1.82) is 0 Å². The third kappa shape index (κ3) is 6.65. The Morgan fingerprint density at radius 1 is 1.21 bits per heavy atom. The van der Waals surface area contributed by atoms with Gasteiger partial charge >= 0.3 is 6.09 Å². The molecule has 1 atom stereocenters. The predicted molar refractivity (Wildman–Crippen MR) is 113 cm³/mol. The number of hydrogen-bond donors (Lipinski definition) is 3. The summed E-state index contributed by atoms with van der Waals surface area (Å²) in [5.41, 5.74) is 3.88. The number of carbonyl (C=O) groups is 2. The monoisotopic (exact) mass is 511 g/mol. The molecule has 0 aliphatic heterocycles. The summed E-state index contributed by atoms with van der Waals surface area (Å²) in [7, 11) is 0. The number of hydrazone groups is 1. The lowest BCUT2D eigenvalue weighted by atomic mass is 10.0. The zero-order valence-corrected chi connectivity index (χ0v) is 18.2. The molecule has 0 radical (unpaired) electrons. The molecule has 2 amide bonds. The van der Waals surface area contributed by atoms with Crippen LogP contribution in [0.1, 0.15) is 30.5 Å². The fourth-order valence-electron chi connectivity index (χ4n) is 2.32. The maximum absolute atomic E-state index is 12.3. The quantitative estimate of drug-likeness (QED) is 0.381. The van der Waals surface area contributed by atoms with Crippen molar-refractivity contribution < 1.29 is 19.4 Å². The van der Waals surface area contributed by atoms with Crippen LogP contribution in [0.3, 0.4) is 0 Å². The summed E-state index contributed by atoms with van der Waals surface area (Å²) in [5.74, 6) is -0.296. The van der Waals surface area contributed by atoms with Crippen LogP contribution in [-0.4, -0.2) is 29.9 Å². The highest BCUT2D eigenvalue weighted by Crippen LogP contribution is 2.32. The van der Waals surface area contributed by atoms with Gasteiger partial charge in [0.05, 0.1) is 34.2 Å². The van der Waals surface area contributed by atoms with Crippen LogP contribution in [0.25, 0.3) is 0 Å². The number of ether oxygens (including phenoxy) is 1. The summed E-state index contributed by atoms with van der Waals surface area (Å²) in [5, 5.41) is 16.3. The Hall–Kier alpha value is -2.39. The lowest BCUT2D eigenvalue weighted by molar-refractivity contribution is -0.121. The number of hydrogen-bond acceptors (Lipinski definition) is 5. The molecule has 0 unspecified atom stereocenters. The minimum absolute atomic E-state index is 0.0108. The molecule has 0 saturated heterocycles. The van der Waals surface area contributed by atoms with Gasteiger partial charge in [-0.2, -0.15) is 5.10 Å². The average molecular weight is 513 g/mol. The molecular weight excluding hydrogens is 494 g/mol. The van der Waals surface area contributed by atoms with Crippen molar-refractivity contribution in [2.75, 3.05) is 6.61 Å². The SMILES string of the molecule is CCOC(=O)N[C@@H](CC(=O)N/N=C\c1cc(Br)c(O)c(Br)c1)c1ccccc1. The van der Waals surface area contributed by atoms with Crippen LogP contribution in [0, 0.1) is 0 Å². The summed E-state index contributed by atoms with van der Waals surface area (Å²) in [6, 6.07) is 11.9. The maximum atomic E-state index is 12.3. The zero-order valence-electron chi connectivity index (χ0n) is 15.0. The molecule has 7 nitrogen and oxygen atoms in total. The number of carbonyl (C=O) groups excluding carboxylic acids is 2. The first kappa shape index (κ1) is 21.9. The molecule has 0 aliphatic carbocycles. The van der Waals surface area contributed by atoms with Crippen molar-refractivity contribution in [3.05, 3.63) is 62.5 Å². The van der Waals surface area contributed by atoms with E-state index in [0.717, 1.165) is 5.56 Å². The van der Waals surface area contributed by atoms with Crippen molar-refractivity contribution >= 4 is 50.1 Å². The van der Waals surface area contributed by atoms with E-state index in [1.54, 1.807) is 19.1 Å². The minimum Gasteiger partial charge on any atom is -0.506 e. The summed E-state index contributed by atoms with van der Waals surface area (Å²) in [6.45, 7) is 1.94. The predicted octanol–water partition coefficient (Wildman–Crippen LogP) is 4.24. The van der Waals surface area contributed by atoms with E-state index in [-0.39, 0.29) is 24.7 Å². The van der Waals surface area contributed by atoms with Crippen LogP contribution >= 0.6 is 31.9 Å². The molecule has 0 fully saturated rings. The Morgan fingerprint density at radius 3 is 2.46 bits per heavy atom. The summed E-state index contributed by atoms with van der Waals surface area (Å²) in [6.07, 6.45) is 0.846. The maximum Gasteiger partial charge on any atom is 0.407 e. The van der Waals surface area contributed by atoms with E-state index in [1.165, 1.54) is 6.21 Å². The second-order valence-corrected chi connectivity index (χ2v) is 7.37. The number of nitrogens with zero attached hydrogens (tertiary/aromatic N) is 1. The van der Waals surface area contributed by atoms with Gasteiger partial charge in [-0.05, 0) is 62.0 Å². The second-order valence-electron chi connectivity index (χ2n) is 5.66. The van der Waals surface area contributed by atoms with Gasteiger partial charge in [0.25, 0.3) is 0 Å². The number of halogens is 2. The third-order valence-corrected chi connectivity index (χ3v) is 4.81. The molecule has 0 spiro atoms. The van der Waals surface area contributed by atoms with Crippen molar-refractivity contribution in [2.45, 2.75) is 19.4 Å². The van der Waals surface area contributed by atoms with Gasteiger partial charge in [0.2, 0.25) is 5.91 Å². The largest absolute Gasteiger partial charge is 0.506 e. The fourth-order valence-corrected chi connectivity index (χ4v) is 3.54. The molecule has 3 N–H and O–H groups in total. The lowest BCUT2D eigenvalue weighted by Crippen LogP contribution is -2.33. The van der Waals surface area contributed by atoms with Crippen molar-refractivity contribution in [3.8, 4) is 5.75 Å². The molecule has 28 heavy (non-hydrogen) atoms. The van der Waals surface area contributed by atoms with E-state index >= 15 is 0 Å². The first-order valence-corrected chi connectivity index (χ1v) is 9.97. The minimum atomic E-state index is -0.591. The van der Waals surface area contributed by atoms with E-state index in [4.69, 9.17) is 4.74 Å². The van der Waals surface area contributed by atoms with Crippen molar-refractivity contribution in [1.82, 2.24) is 10.7 Å². The number of benzene rings is 2. The number of rotatable bonds is 7. The van der Waals surface area contributed by atoms with Crippen LogP contribution in [0.15, 0.2) is 56.5 Å². The van der Waals surface area contributed by atoms with Gasteiger partial charge in [-0.25, -0.2) is 10.2 Å². The molecule has 0 saturated carbocycles. The molecule has 2 rings (SSSR count). The van der Waals surface area contributed by atoms with Gasteiger partial charge in [0.15, 0.2) is 0 Å². The highest BCUT2D eigenvalue weighted by Gasteiger charge is 2.18. The van der Waals surface area contributed by atoms with E-state index in [2.05, 4.69) is 47.7 Å². The number of phenols is 1. The van der Waals surface area contributed by atoms with E-state index in [1.807, 2.05) is 30.3 Å². The van der Waals surface area contributed by atoms with Crippen molar-refractivity contribution in [2.24, 2.45) is 5.10 Å². The standard InChI is InChI=1S/C19H19Br2N3O4/c1-2-28-19(27)23-16(13-6-4-3-5-7-13)10-17(25)24-22-11-12-8-14(20)18(26)15(21)9-12/h3-9,11,16,26H,2,10H2,1H3,(H,23,27)(H,24,25)/b22-11-/t16-/m0/s1. The first-order valence-electron chi connectivity index (χ1n) is 8.38. The molecule has 0 aliphatic rings. The van der Waals surface area contributed by atoms with Gasteiger partial charge < -0.3 is 15.2 Å². The molecule has 9 heteroatoms. The Bertz CT molecular complexity index is 837. The summed E-state index contributed by atoms with van der Waals surface area (Å²) in [4.78, 5) is 24.0. The van der Waals surface area contributed by atoms with Crippen LogP contribution in [0.2, 0.25) is 0 Å². The number of phenolic OH excluding ortho intramolecular Hbond substituents is 1. The lowest BCUT2D eigenvalue weighted by Gasteiger charge is -2.18. The second kappa shape index (κ2) is 10.8. The van der Waals surface area contributed by atoms with Crippen LogP contribution in [0.4, 0.5) is 4.79 Å². The molecular formula is C19H19Br2N3O4. The average Bonchev–Trinajstić information content (AvgIpc) is 2.66. The van der Waals surface area contributed by atoms with Crippen LogP contribution < -0.4 is 10.7 Å². The third-order valence-electron chi connectivity index (χ3n) is 3.60. The summed E-state index contributed by atoms with van der Waals surface area (Å²) < 4.78 is 5.90. The highest BCUT2D eigenvalue weighted by atomic mass is 79.9. The fraction of sp³-hybridized carbons (Fsp3) is 0.211. The highest BCUT2D eigenvalue weighted by molar-refractivity contribution is 9.11. The van der Waals surface area contributed by atoms with Crippen LogP contribution in [-0.2, 0) is 9.53 Å². The number of nitrogens with one attached hydrogen (secondary N) is 2. The molecule has 0 aromatic heterocycles. The Labute approximate surface area is 179 Å².